The molecule has 3 rings (SSSR count). The van der Waals surface area contributed by atoms with Crippen molar-refractivity contribution in [3.63, 3.8) is 0 Å². The number of benzene rings is 2. The summed E-state index contributed by atoms with van der Waals surface area (Å²) >= 11 is 6.01. The van der Waals surface area contributed by atoms with E-state index in [9.17, 15) is 9.59 Å². The molecule has 0 saturated carbocycles. The van der Waals surface area contributed by atoms with Crippen molar-refractivity contribution < 1.29 is 9.59 Å². The minimum atomic E-state index is -0.464. The molecular formula is C18H16ClN5O2. The fourth-order valence-electron chi connectivity index (χ4n) is 2.40. The predicted molar refractivity (Wildman–Crippen MR) is 102 cm³/mol. The molecule has 0 spiro atoms. The van der Waals surface area contributed by atoms with Crippen LogP contribution in [0.15, 0.2) is 54.7 Å². The fourth-order valence-corrected chi connectivity index (χ4v) is 2.61. The van der Waals surface area contributed by atoms with Gasteiger partial charge in [0.2, 0.25) is 0 Å². The van der Waals surface area contributed by atoms with E-state index in [1.165, 1.54) is 19.3 Å². The molecule has 0 aliphatic rings. The number of H-pyrrole nitrogens is 1. The van der Waals surface area contributed by atoms with Gasteiger partial charge in [-0.15, -0.1) is 0 Å². The predicted octanol–water partition coefficient (Wildman–Crippen LogP) is 3.73. The van der Waals surface area contributed by atoms with Crippen LogP contribution >= 0.6 is 11.6 Å². The fraction of sp³-hybridized carbons (Fsp3) is 0.0556. The van der Waals surface area contributed by atoms with E-state index in [0.717, 1.165) is 5.56 Å². The highest BCUT2D eigenvalue weighted by Crippen LogP contribution is 2.25. The van der Waals surface area contributed by atoms with Crippen LogP contribution in [-0.2, 0) is 0 Å². The van der Waals surface area contributed by atoms with Crippen molar-refractivity contribution in [2.45, 2.75) is 0 Å². The highest BCUT2D eigenvalue weighted by Gasteiger charge is 2.13. The molecule has 3 aromatic rings. The van der Waals surface area contributed by atoms with Crippen LogP contribution < -0.4 is 16.0 Å². The quantitative estimate of drug-likeness (QED) is 0.563. The second-order valence-corrected chi connectivity index (χ2v) is 5.78. The Kier molecular flexibility index (Phi) is 5.19. The highest BCUT2D eigenvalue weighted by molar-refractivity contribution is 6.34. The second kappa shape index (κ2) is 7.71. The van der Waals surface area contributed by atoms with E-state index in [4.69, 9.17) is 11.6 Å². The Bertz CT molecular complexity index is 940. The summed E-state index contributed by atoms with van der Waals surface area (Å²) in [5.74, 6) is -0.333. The number of carbonyl (C=O) groups excluding carboxylic acids is 2. The first-order valence-corrected chi connectivity index (χ1v) is 8.14. The van der Waals surface area contributed by atoms with Crippen molar-refractivity contribution in [1.82, 2.24) is 15.5 Å². The Morgan fingerprint density at radius 3 is 2.58 bits per heavy atom. The van der Waals surface area contributed by atoms with Gasteiger partial charge in [0.25, 0.3) is 5.91 Å². The minimum absolute atomic E-state index is 0.278. The lowest BCUT2D eigenvalue weighted by Crippen LogP contribution is -2.21. The average molecular weight is 370 g/mol. The van der Waals surface area contributed by atoms with E-state index in [0.29, 0.717) is 22.1 Å². The minimum Gasteiger partial charge on any atom is -0.355 e. The Morgan fingerprint density at radius 1 is 1.08 bits per heavy atom. The van der Waals surface area contributed by atoms with E-state index in [1.54, 1.807) is 12.1 Å². The first kappa shape index (κ1) is 17.5. The molecule has 0 aliphatic heterocycles. The van der Waals surface area contributed by atoms with Crippen LogP contribution in [0.1, 0.15) is 10.4 Å². The first-order chi connectivity index (χ1) is 12.6. The number of aromatic amines is 1. The van der Waals surface area contributed by atoms with E-state index in [2.05, 4.69) is 26.1 Å². The third-order valence-corrected chi connectivity index (χ3v) is 3.98. The lowest BCUT2D eigenvalue weighted by molar-refractivity contribution is 0.0963. The van der Waals surface area contributed by atoms with Crippen molar-refractivity contribution in [2.24, 2.45) is 0 Å². The molecule has 0 saturated heterocycles. The number of halogens is 1. The number of carbonyl (C=O) groups is 2. The van der Waals surface area contributed by atoms with Gasteiger partial charge in [-0.1, -0.05) is 41.9 Å². The molecule has 4 N–H and O–H groups in total. The maximum Gasteiger partial charge on any atom is 0.323 e. The van der Waals surface area contributed by atoms with Crippen LogP contribution in [0.2, 0.25) is 5.02 Å². The van der Waals surface area contributed by atoms with Crippen LogP contribution in [0, 0.1) is 0 Å². The first-order valence-electron chi connectivity index (χ1n) is 7.77. The number of nitrogens with zero attached hydrogens (tertiary/aromatic N) is 1. The summed E-state index contributed by atoms with van der Waals surface area (Å²) in [6, 6.07) is 13.7. The molecule has 7 nitrogen and oxygen atoms in total. The van der Waals surface area contributed by atoms with Gasteiger partial charge in [0.05, 0.1) is 28.2 Å². The molecule has 1 heterocycles. The third-order valence-electron chi connectivity index (χ3n) is 3.65. The molecule has 3 amide bonds. The Hall–Kier alpha value is -3.32. The monoisotopic (exact) mass is 369 g/mol. The van der Waals surface area contributed by atoms with Crippen molar-refractivity contribution in [1.29, 1.82) is 0 Å². The van der Waals surface area contributed by atoms with Gasteiger partial charge in [-0.3, -0.25) is 9.89 Å². The normalized spacial score (nSPS) is 10.2. The van der Waals surface area contributed by atoms with Crippen molar-refractivity contribution >= 4 is 34.9 Å². The van der Waals surface area contributed by atoms with Gasteiger partial charge in [-0.2, -0.15) is 5.10 Å². The molecule has 0 fully saturated rings. The van der Waals surface area contributed by atoms with Gasteiger partial charge in [-0.25, -0.2) is 4.79 Å². The van der Waals surface area contributed by atoms with E-state index >= 15 is 0 Å². The van der Waals surface area contributed by atoms with Crippen LogP contribution in [0.25, 0.3) is 11.3 Å². The highest BCUT2D eigenvalue weighted by atomic mass is 35.5. The topological polar surface area (TPSA) is 98.9 Å². The molecule has 0 radical (unpaired) electrons. The molecule has 8 heteroatoms. The zero-order valence-corrected chi connectivity index (χ0v) is 14.6. The van der Waals surface area contributed by atoms with Gasteiger partial charge in [0.15, 0.2) is 0 Å². The summed E-state index contributed by atoms with van der Waals surface area (Å²) in [5, 5.41) is 15.1. The zero-order chi connectivity index (χ0) is 18.5. The molecule has 132 valence electrons. The van der Waals surface area contributed by atoms with Crippen LogP contribution in [0.4, 0.5) is 16.2 Å². The van der Waals surface area contributed by atoms with Crippen LogP contribution in [0.5, 0.6) is 0 Å². The Morgan fingerprint density at radius 2 is 1.85 bits per heavy atom. The summed E-state index contributed by atoms with van der Waals surface area (Å²) in [6.07, 6.45) is 1.53. The number of hydrogen-bond donors (Lipinski definition) is 4. The number of hydrogen-bond acceptors (Lipinski definition) is 3. The van der Waals surface area contributed by atoms with Crippen LogP contribution in [0.3, 0.4) is 0 Å². The van der Waals surface area contributed by atoms with Gasteiger partial charge in [-0.05, 0) is 18.2 Å². The third kappa shape index (κ3) is 3.84. The summed E-state index contributed by atoms with van der Waals surface area (Å²) in [5.41, 5.74) is 2.85. The molecule has 0 bridgehead atoms. The van der Waals surface area contributed by atoms with Gasteiger partial charge in [0, 0.05) is 18.3 Å². The summed E-state index contributed by atoms with van der Waals surface area (Å²) in [6.45, 7) is 0. The molecule has 1 aromatic heterocycles. The second-order valence-electron chi connectivity index (χ2n) is 5.38. The number of rotatable bonds is 4. The van der Waals surface area contributed by atoms with E-state index in [1.807, 2.05) is 30.3 Å². The maximum atomic E-state index is 12.3. The smallest absolute Gasteiger partial charge is 0.323 e. The van der Waals surface area contributed by atoms with E-state index < -0.39 is 6.03 Å². The number of aromatic nitrogens is 2. The maximum absolute atomic E-state index is 12.3. The summed E-state index contributed by atoms with van der Waals surface area (Å²) in [7, 11) is 1.51. The number of nitrogens with one attached hydrogen (secondary N) is 4. The zero-order valence-electron chi connectivity index (χ0n) is 13.8. The molecule has 26 heavy (non-hydrogen) atoms. The molecule has 0 aliphatic carbocycles. The molecule has 0 unspecified atom stereocenters. The lowest BCUT2D eigenvalue weighted by Gasteiger charge is -2.10. The SMILES string of the molecule is CNC(=O)c1cc(NC(=O)Nc2cn[nH]c2-c2ccccc2)ccc1Cl. The summed E-state index contributed by atoms with van der Waals surface area (Å²) < 4.78 is 0. The number of amides is 3. The van der Waals surface area contributed by atoms with Crippen molar-refractivity contribution in [3.8, 4) is 11.3 Å². The standard InChI is InChI=1S/C18H16ClN5O2/c1-20-17(25)13-9-12(7-8-14(13)19)22-18(26)23-15-10-21-24-16(15)11-5-3-2-4-6-11/h2-10H,1H3,(H,20,25)(H,21,24)(H2,22,23,26). The Balaban J connectivity index is 1.75. The number of urea groups is 1. The van der Waals surface area contributed by atoms with Gasteiger partial charge < -0.3 is 16.0 Å². The van der Waals surface area contributed by atoms with Crippen molar-refractivity contribution in [3.05, 3.63) is 65.3 Å². The molecule has 0 atom stereocenters. The van der Waals surface area contributed by atoms with Gasteiger partial charge >= 0.3 is 6.03 Å². The van der Waals surface area contributed by atoms with E-state index in [-0.39, 0.29) is 11.5 Å². The summed E-state index contributed by atoms with van der Waals surface area (Å²) in [4.78, 5) is 24.1. The van der Waals surface area contributed by atoms with Crippen molar-refractivity contribution in [2.75, 3.05) is 17.7 Å². The molecule has 2 aromatic carbocycles. The largest absolute Gasteiger partial charge is 0.355 e. The number of anilines is 2. The Labute approximate surface area is 154 Å². The molecular weight excluding hydrogens is 354 g/mol. The average Bonchev–Trinajstić information content (AvgIpc) is 3.11. The van der Waals surface area contributed by atoms with Crippen LogP contribution in [-0.4, -0.2) is 29.2 Å². The lowest BCUT2D eigenvalue weighted by atomic mass is 10.1. The van der Waals surface area contributed by atoms with Gasteiger partial charge in [0.1, 0.15) is 0 Å².